The molecule has 2 heterocycles. The highest BCUT2D eigenvalue weighted by molar-refractivity contribution is 5.56. The Balaban J connectivity index is 2.99. The lowest BCUT2D eigenvalue weighted by Gasteiger charge is -2.01. The van der Waals surface area contributed by atoms with E-state index in [2.05, 4.69) is 36.2 Å². The maximum absolute atomic E-state index is 4.17. The molecule has 0 aromatic carbocycles. The normalized spacial score (nSPS) is 10.9. The molecule has 0 saturated heterocycles. The first kappa shape index (κ1) is 7.35. The van der Waals surface area contributed by atoms with Crippen molar-refractivity contribution in [2.45, 2.75) is 20.8 Å². The Hall–Kier alpha value is -1.31. The van der Waals surface area contributed by atoms with Crippen molar-refractivity contribution in [1.29, 1.82) is 0 Å². The predicted octanol–water partition coefficient (Wildman–Crippen LogP) is 2.26. The van der Waals surface area contributed by atoms with Crippen molar-refractivity contribution in [3.05, 3.63) is 35.4 Å². The number of aryl methyl sites for hydroxylation is 3. The van der Waals surface area contributed by atoms with Crippen LogP contribution < -0.4 is 0 Å². The minimum absolute atomic E-state index is 1.19. The Morgan fingerprint density at radius 2 is 1.83 bits per heavy atom. The minimum Gasteiger partial charge on any atom is -0.315 e. The van der Waals surface area contributed by atoms with Crippen molar-refractivity contribution >= 4 is 5.52 Å². The van der Waals surface area contributed by atoms with Crippen LogP contribution in [0.1, 0.15) is 17.0 Å². The van der Waals surface area contributed by atoms with Gasteiger partial charge in [-0.3, -0.25) is 4.98 Å². The Bertz CT molecular complexity index is 427. The van der Waals surface area contributed by atoms with E-state index in [1.165, 1.54) is 22.5 Å². The third-order valence-electron chi connectivity index (χ3n) is 2.23. The molecule has 0 radical (unpaired) electrons. The van der Waals surface area contributed by atoms with Crippen LogP contribution in [0.2, 0.25) is 0 Å². The highest BCUT2D eigenvalue weighted by Crippen LogP contribution is 2.15. The second-order valence-electron chi connectivity index (χ2n) is 3.24. The molecule has 0 aliphatic rings. The smallest absolute Gasteiger partial charge is 0.0668 e. The third kappa shape index (κ3) is 0.843. The van der Waals surface area contributed by atoms with Crippen LogP contribution in [0.5, 0.6) is 0 Å². The molecule has 2 rings (SSSR count). The Morgan fingerprint density at radius 1 is 1.08 bits per heavy atom. The summed E-state index contributed by atoms with van der Waals surface area (Å²) in [7, 11) is 0. The van der Waals surface area contributed by atoms with Crippen molar-refractivity contribution in [1.82, 2.24) is 9.38 Å². The topological polar surface area (TPSA) is 17.3 Å². The van der Waals surface area contributed by atoms with Crippen LogP contribution in [0, 0.1) is 20.8 Å². The number of nitrogens with zero attached hydrogens (tertiary/aromatic N) is 2. The summed E-state index contributed by atoms with van der Waals surface area (Å²) in [5.41, 5.74) is 4.98. The van der Waals surface area contributed by atoms with Crippen LogP contribution in [0.15, 0.2) is 18.5 Å². The van der Waals surface area contributed by atoms with Crippen molar-refractivity contribution in [3.63, 3.8) is 0 Å². The van der Waals surface area contributed by atoms with Crippen LogP contribution in [-0.2, 0) is 0 Å². The largest absolute Gasteiger partial charge is 0.315 e. The number of aromatic nitrogens is 2. The van der Waals surface area contributed by atoms with Crippen LogP contribution in [0.25, 0.3) is 5.52 Å². The van der Waals surface area contributed by atoms with Crippen molar-refractivity contribution in [3.8, 4) is 0 Å². The fraction of sp³-hybridized carbons (Fsp3) is 0.300. The van der Waals surface area contributed by atoms with Crippen LogP contribution in [-0.4, -0.2) is 9.38 Å². The van der Waals surface area contributed by atoms with Crippen molar-refractivity contribution < 1.29 is 0 Å². The number of hydrogen-bond acceptors (Lipinski definition) is 1. The summed E-state index contributed by atoms with van der Waals surface area (Å²) in [6.07, 6.45) is 3.80. The summed E-state index contributed by atoms with van der Waals surface area (Å²) in [6, 6.07) is 2.18. The summed E-state index contributed by atoms with van der Waals surface area (Å²) in [6.45, 7) is 6.31. The van der Waals surface area contributed by atoms with Gasteiger partial charge in [0.1, 0.15) is 0 Å². The van der Waals surface area contributed by atoms with E-state index in [1.807, 2.05) is 12.4 Å². The lowest BCUT2D eigenvalue weighted by molar-refractivity contribution is 1.01. The van der Waals surface area contributed by atoms with E-state index in [0.29, 0.717) is 0 Å². The Morgan fingerprint density at radius 3 is 2.50 bits per heavy atom. The average Bonchev–Trinajstić information content (AvgIpc) is 2.29. The van der Waals surface area contributed by atoms with E-state index >= 15 is 0 Å². The lowest BCUT2D eigenvalue weighted by atomic mass is 10.3. The Kier molecular flexibility index (Phi) is 1.43. The first-order valence-corrected chi connectivity index (χ1v) is 4.09. The maximum Gasteiger partial charge on any atom is 0.0668 e. The fourth-order valence-corrected chi connectivity index (χ4v) is 1.72. The van der Waals surface area contributed by atoms with Gasteiger partial charge in [-0.2, -0.15) is 0 Å². The zero-order chi connectivity index (χ0) is 8.72. The van der Waals surface area contributed by atoms with Gasteiger partial charge in [0, 0.05) is 17.6 Å². The molecule has 0 bridgehead atoms. The van der Waals surface area contributed by atoms with Gasteiger partial charge in [0.25, 0.3) is 0 Å². The molecule has 2 aromatic heterocycles. The first-order chi connectivity index (χ1) is 5.70. The molecule has 0 spiro atoms. The van der Waals surface area contributed by atoms with Gasteiger partial charge in [-0.25, -0.2) is 0 Å². The van der Waals surface area contributed by atoms with E-state index in [1.54, 1.807) is 0 Å². The molecule has 0 saturated carbocycles. The van der Waals surface area contributed by atoms with E-state index in [9.17, 15) is 0 Å². The molecule has 0 fully saturated rings. The van der Waals surface area contributed by atoms with Gasteiger partial charge < -0.3 is 4.40 Å². The molecular formula is C10H12N2. The van der Waals surface area contributed by atoms with Gasteiger partial charge in [0.15, 0.2) is 0 Å². The monoisotopic (exact) mass is 160 g/mol. The molecule has 2 heteroatoms. The van der Waals surface area contributed by atoms with Gasteiger partial charge in [-0.05, 0) is 32.4 Å². The molecule has 62 valence electrons. The minimum atomic E-state index is 1.19. The zero-order valence-electron chi connectivity index (χ0n) is 7.63. The highest BCUT2D eigenvalue weighted by atomic mass is 14.9. The molecule has 0 aliphatic heterocycles. The average molecular weight is 160 g/mol. The summed E-state index contributed by atoms with van der Waals surface area (Å²) in [4.78, 5) is 4.17. The molecule has 0 aliphatic carbocycles. The third-order valence-corrected chi connectivity index (χ3v) is 2.23. The van der Waals surface area contributed by atoms with Gasteiger partial charge in [-0.1, -0.05) is 0 Å². The van der Waals surface area contributed by atoms with Gasteiger partial charge >= 0.3 is 0 Å². The summed E-state index contributed by atoms with van der Waals surface area (Å²) < 4.78 is 2.22. The molecular weight excluding hydrogens is 148 g/mol. The summed E-state index contributed by atoms with van der Waals surface area (Å²) in [5.74, 6) is 0. The molecule has 2 nitrogen and oxygen atoms in total. The summed E-state index contributed by atoms with van der Waals surface area (Å²) in [5, 5.41) is 0. The van der Waals surface area contributed by atoms with Crippen molar-refractivity contribution in [2.75, 3.05) is 0 Å². The number of hydrogen-bond donors (Lipinski definition) is 0. The Labute approximate surface area is 71.9 Å². The van der Waals surface area contributed by atoms with Gasteiger partial charge in [0.05, 0.1) is 11.7 Å². The standard InChI is InChI=1S/C10H12N2/c1-7-4-8(2)12-9(3)5-11-6-10(7)12/h4-6H,1-3H3. The lowest BCUT2D eigenvalue weighted by Crippen LogP contribution is -1.93. The van der Waals surface area contributed by atoms with Gasteiger partial charge in [0.2, 0.25) is 0 Å². The van der Waals surface area contributed by atoms with E-state index in [0.717, 1.165) is 0 Å². The number of rotatable bonds is 0. The quantitative estimate of drug-likeness (QED) is 0.577. The molecule has 2 aromatic rings. The van der Waals surface area contributed by atoms with Crippen LogP contribution >= 0.6 is 0 Å². The van der Waals surface area contributed by atoms with Crippen LogP contribution in [0.4, 0.5) is 0 Å². The predicted molar refractivity (Wildman–Crippen MR) is 49.4 cm³/mol. The summed E-state index contributed by atoms with van der Waals surface area (Å²) >= 11 is 0. The van der Waals surface area contributed by atoms with Gasteiger partial charge in [-0.15, -0.1) is 0 Å². The van der Waals surface area contributed by atoms with E-state index in [4.69, 9.17) is 0 Å². The van der Waals surface area contributed by atoms with E-state index in [-0.39, 0.29) is 0 Å². The van der Waals surface area contributed by atoms with Crippen LogP contribution in [0.3, 0.4) is 0 Å². The first-order valence-electron chi connectivity index (χ1n) is 4.09. The zero-order valence-corrected chi connectivity index (χ0v) is 7.63. The SMILES string of the molecule is Cc1cc(C)n2c(C)cncc12. The molecule has 0 atom stereocenters. The molecule has 0 N–H and O–H groups in total. The molecule has 12 heavy (non-hydrogen) atoms. The maximum atomic E-state index is 4.17. The second kappa shape index (κ2) is 2.34. The van der Waals surface area contributed by atoms with Crippen molar-refractivity contribution in [2.24, 2.45) is 0 Å². The molecule has 0 unspecified atom stereocenters. The van der Waals surface area contributed by atoms with E-state index < -0.39 is 0 Å². The molecule has 0 amide bonds. The second-order valence-corrected chi connectivity index (χ2v) is 3.24. The highest BCUT2D eigenvalue weighted by Gasteiger charge is 2.03. The fourth-order valence-electron chi connectivity index (χ4n) is 1.72. The number of fused-ring (bicyclic) bond motifs is 1.